The zero-order valence-electron chi connectivity index (χ0n) is 14.5. The Balaban J connectivity index is 1.69. The average molecular weight is 350 g/mol. The van der Waals surface area contributed by atoms with Gasteiger partial charge in [-0.15, -0.1) is 0 Å². The molecule has 1 aromatic carbocycles. The van der Waals surface area contributed by atoms with E-state index in [1.165, 1.54) is 0 Å². The largest absolute Gasteiger partial charge is 0.496 e. The molecule has 2 saturated heterocycles. The van der Waals surface area contributed by atoms with Crippen LogP contribution >= 0.6 is 11.8 Å². The van der Waals surface area contributed by atoms with Crippen molar-refractivity contribution in [2.45, 2.75) is 31.8 Å². The maximum Gasteiger partial charge on any atom is 0.232 e. The number of carbonyl (C=O) groups excluding carboxylic acids is 1. The lowest BCUT2D eigenvalue weighted by atomic mass is 9.85. The fraction of sp³-hybridized carbons (Fsp3) is 0.611. The molecule has 0 aromatic heterocycles. The first-order valence-electron chi connectivity index (χ1n) is 8.74. The second-order valence-electron chi connectivity index (χ2n) is 6.46. The van der Waals surface area contributed by atoms with Gasteiger partial charge < -0.3 is 9.64 Å². The van der Waals surface area contributed by atoms with E-state index in [0.29, 0.717) is 17.7 Å². The van der Waals surface area contributed by atoms with Gasteiger partial charge in [0.2, 0.25) is 5.91 Å². The molecule has 0 saturated carbocycles. The fourth-order valence-corrected chi connectivity index (χ4v) is 4.45. The van der Waals surface area contributed by atoms with E-state index in [-0.39, 0.29) is 11.9 Å². The third kappa shape index (κ3) is 3.71. The molecule has 2 aliphatic heterocycles. The van der Waals surface area contributed by atoms with Gasteiger partial charge in [-0.05, 0) is 24.7 Å². The van der Waals surface area contributed by atoms with Crippen LogP contribution in [0.3, 0.4) is 0 Å². The van der Waals surface area contributed by atoms with Crippen LogP contribution in [0.25, 0.3) is 0 Å². The lowest BCUT2D eigenvalue weighted by Gasteiger charge is -2.36. The van der Waals surface area contributed by atoms with Crippen molar-refractivity contribution in [1.82, 2.24) is 15.8 Å². The minimum absolute atomic E-state index is 0.171. The summed E-state index contributed by atoms with van der Waals surface area (Å²) in [6.07, 6.45) is 2.11. The SMILES string of the molecule is CCCSCC(=O)N1CCC2NNC(c3ccccc3OC)C2C1. The van der Waals surface area contributed by atoms with E-state index < -0.39 is 0 Å². The van der Waals surface area contributed by atoms with E-state index in [9.17, 15) is 4.79 Å². The van der Waals surface area contributed by atoms with Crippen molar-refractivity contribution < 1.29 is 9.53 Å². The van der Waals surface area contributed by atoms with Crippen molar-refractivity contribution in [1.29, 1.82) is 0 Å². The number of piperidine rings is 1. The first kappa shape index (κ1) is 17.6. The average Bonchev–Trinajstić information content (AvgIpc) is 3.04. The molecule has 2 fully saturated rings. The molecule has 2 aliphatic rings. The van der Waals surface area contributed by atoms with E-state index in [0.717, 1.165) is 43.0 Å². The van der Waals surface area contributed by atoms with Crippen molar-refractivity contribution in [2.75, 3.05) is 31.7 Å². The van der Waals surface area contributed by atoms with Crippen LogP contribution in [-0.4, -0.2) is 48.6 Å². The Morgan fingerprint density at radius 1 is 1.38 bits per heavy atom. The summed E-state index contributed by atoms with van der Waals surface area (Å²) in [6.45, 7) is 3.80. The normalized spacial score (nSPS) is 26.2. The smallest absolute Gasteiger partial charge is 0.232 e. The highest BCUT2D eigenvalue weighted by atomic mass is 32.2. The van der Waals surface area contributed by atoms with Gasteiger partial charge in [-0.2, -0.15) is 11.8 Å². The number of hydrazine groups is 1. The number of hydrogen-bond donors (Lipinski definition) is 2. The fourth-order valence-electron chi connectivity index (χ4n) is 3.66. The van der Waals surface area contributed by atoms with Crippen LogP contribution < -0.4 is 15.6 Å². The third-order valence-corrected chi connectivity index (χ3v) is 6.06. The summed E-state index contributed by atoms with van der Waals surface area (Å²) < 4.78 is 5.53. The molecule has 24 heavy (non-hydrogen) atoms. The van der Waals surface area contributed by atoms with Gasteiger partial charge in [-0.1, -0.05) is 25.1 Å². The molecular weight excluding hydrogens is 322 g/mol. The molecule has 0 bridgehead atoms. The van der Waals surface area contributed by atoms with Crippen molar-refractivity contribution in [3.05, 3.63) is 29.8 Å². The molecule has 6 heteroatoms. The van der Waals surface area contributed by atoms with Crippen LogP contribution in [0.15, 0.2) is 24.3 Å². The van der Waals surface area contributed by atoms with Crippen LogP contribution in [0.5, 0.6) is 5.75 Å². The molecule has 0 aliphatic carbocycles. The Labute approximate surface area is 148 Å². The van der Waals surface area contributed by atoms with Crippen molar-refractivity contribution in [3.8, 4) is 5.75 Å². The number of ether oxygens (including phenoxy) is 1. The zero-order chi connectivity index (χ0) is 16.9. The number of rotatable bonds is 6. The highest BCUT2D eigenvalue weighted by molar-refractivity contribution is 7.99. The summed E-state index contributed by atoms with van der Waals surface area (Å²) >= 11 is 1.74. The number of amides is 1. The van der Waals surface area contributed by atoms with E-state index in [1.54, 1.807) is 18.9 Å². The predicted molar refractivity (Wildman–Crippen MR) is 98.1 cm³/mol. The molecule has 132 valence electrons. The van der Waals surface area contributed by atoms with Crippen LogP contribution in [0.4, 0.5) is 0 Å². The van der Waals surface area contributed by atoms with Crippen molar-refractivity contribution in [2.24, 2.45) is 5.92 Å². The van der Waals surface area contributed by atoms with Crippen molar-refractivity contribution >= 4 is 17.7 Å². The lowest BCUT2D eigenvalue weighted by Crippen LogP contribution is -2.48. The van der Waals surface area contributed by atoms with Gasteiger partial charge in [0.25, 0.3) is 0 Å². The monoisotopic (exact) mass is 349 g/mol. The molecule has 3 rings (SSSR count). The minimum Gasteiger partial charge on any atom is -0.496 e. The number of thioether (sulfide) groups is 1. The van der Waals surface area contributed by atoms with Crippen LogP contribution in [0, 0.1) is 5.92 Å². The van der Waals surface area contributed by atoms with Gasteiger partial charge in [0.05, 0.1) is 18.9 Å². The quantitative estimate of drug-likeness (QED) is 0.771. The van der Waals surface area contributed by atoms with Crippen molar-refractivity contribution in [3.63, 3.8) is 0 Å². The molecule has 1 aromatic rings. The highest BCUT2D eigenvalue weighted by Crippen LogP contribution is 2.37. The molecule has 0 radical (unpaired) electrons. The maximum absolute atomic E-state index is 12.5. The summed E-state index contributed by atoms with van der Waals surface area (Å²) in [7, 11) is 1.71. The predicted octanol–water partition coefficient (Wildman–Crippen LogP) is 2.20. The number of likely N-dealkylation sites (tertiary alicyclic amines) is 1. The number of fused-ring (bicyclic) bond motifs is 1. The van der Waals surface area contributed by atoms with Gasteiger partial charge in [0.15, 0.2) is 0 Å². The van der Waals surface area contributed by atoms with E-state index in [2.05, 4.69) is 23.8 Å². The van der Waals surface area contributed by atoms with Crippen LogP contribution in [0.2, 0.25) is 0 Å². The van der Waals surface area contributed by atoms with Gasteiger partial charge in [-0.25, -0.2) is 5.43 Å². The van der Waals surface area contributed by atoms with Gasteiger partial charge >= 0.3 is 0 Å². The molecule has 0 spiro atoms. The second-order valence-corrected chi connectivity index (χ2v) is 7.56. The number of nitrogens with zero attached hydrogens (tertiary/aromatic N) is 1. The first-order chi connectivity index (χ1) is 11.7. The Morgan fingerprint density at radius 3 is 3.00 bits per heavy atom. The summed E-state index contributed by atoms with van der Waals surface area (Å²) in [5, 5.41) is 0. The summed E-state index contributed by atoms with van der Waals surface area (Å²) in [5.41, 5.74) is 8.01. The lowest BCUT2D eigenvalue weighted by molar-refractivity contribution is -0.130. The first-order valence-corrected chi connectivity index (χ1v) is 9.89. The number of hydrogen-bond acceptors (Lipinski definition) is 5. The third-order valence-electron chi connectivity index (χ3n) is 4.91. The summed E-state index contributed by atoms with van der Waals surface area (Å²) in [5.74, 6) is 3.21. The van der Waals surface area contributed by atoms with Crippen LogP contribution in [-0.2, 0) is 4.79 Å². The number of nitrogens with one attached hydrogen (secondary N) is 2. The molecule has 5 nitrogen and oxygen atoms in total. The number of carbonyl (C=O) groups is 1. The van der Waals surface area contributed by atoms with E-state index >= 15 is 0 Å². The van der Waals surface area contributed by atoms with Gasteiger partial charge in [0, 0.05) is 30.6 Å². The Kier molecular flexibility index (Phi) is 6.03. The molecule has 3 unspecified atom stereocenters. The van der Waals surface area contributed by atoms with Crippen LogP contribution in [0.1, 0.15) is 31.4 Å². The number of benzene rings is 1. The number of para-hydroxylation sites is 1. The molecule has 3 atom stereocenters. The molecule has 2 N–H and O–H groups in total. The Morgan fingerprint density at radius 2 is 2.21 bits per heavy atom. The minimum atomic E-state index is 0.171. The molecule has 2 heterocycles. The topological polar surface area (TPSA) is 53.6 Å². The standard InChI is InChI=1S/C18H27N3O2S/c1-3-10-24-12-17(22)21-9-8-15-14(11-21)18(20-19-15)13-6-4-5-7-16(13)23-2/h4-7,14-15,18-20H,3,8-12H2,1-2H3. The summed E-state index contributed by atoms with van der Waals surface area (Å²) in [4.78, 5) is 14.5. The molecule has 1 amide bonds. The van der Waals surface area contributed by atoms with E-state index in [1.807, 2.05) is 23.1 Å². The zero-order valence-corrected chi connectivity index (χ0v) is 15.3. The maximum atomic E-state index is 12.5. The van der Waals surface area contributed by atoms with Gasteiger partial charge in [0.1, 0.15) is 5.75 Å². The molecular formula is C18H27N3O2S. The summed E-state index contributed by atoms with van der Waals surface area (Å²) in [6, 6.07) is 8.72. The van der Waals surface area contributed by atoms with Gasteiger partial charge in [-0.3, -0.25) is 10.2 Å². The Bertz CT molecular complexity index is 569. The Hall–Kier alpha value is -1.24. The highest BCUT2D eigenvalue weighted by Gasteiger charge is 2.42. The number of methoxy groups -OCH3 is 1. The van der Waals surface area contributed by atoms with E-state index in [4.69, 9.17) is 4.74 Å². The second kappa shape index (κ2) is 8.23.